The number of morpholine rings is 1. The van der Waals surface area contributed by atoms with E-state index in [0.29, 0.717) is 17.5 Å². The summed E-state index contributed by atoms with van der Waals surface area (Å²) in [6, 6.07) is 1.29. The molecule has 0 aromatic heterocycles. The van der Waals surface area contributed by atoms with Crippen LogP contribution in [0.15, 0.2) is 0 Å². The number of hydrogen-bond donors (Lipinski definition) is 2. The molecule has 3 heteroatoms. The third-order valence-electron chi connectivity index (χ3n) is 6.28. The Morgan fingerprint density at radius 1 is 1.18 bits per heavy atom. The van der Waals surface area contributed by atoms with Gasteiger partial charge in [-0.1, -0.05) is 33.1 Å². The van der Waals surface area contributed by atoms with Crippen molar-refractivity contribution >= 4 is 0 Å². The largest absolute Gasteiger partial charge is 0.379 e. The lowest BCUT2D eigenvalue weighted by Crippen LogP contribution is -2.52. The van der Waals surface area contributed by atoms with E-state index >= 15 is 0 Å². The predicted molar refractivity (Wildman–Crippen MR) is 92.1 cm³/mol. The predicted octanol–water partition coefficient (Wildman–Crippen LogP) is 3.34. The minimum absolute atomic E-state index is 0.582. The summed E-state index contributed by atoms with van der Waals surface area (Å²) >= 11 is 0. The lowest BCUT2D eigenvalue weighted by atomic mass is 9.78. The quantitative estimate of drug-likeness (QED) is 0.789. The molecular formula is C19H36N2O. The highest BCUT2D eigenvalue weighted by Gasteiger charge is 2.38. The van der Waals surface area contributed by atoms with Gasteiger partial charge in [-0.2, -0.15) is 0 Å². The highest BCUT2D eigenvalue weighted by molar-refractivity contribution is 4.95. The summed E-state index contributed by atoms with van der Waals surface area (Å²) in [5, 5.41) is 7.72. The molecule has 0 aromatic rings. The molecule has 2 N–H and O–H groups in total. The fourth-order valence-electron chi connectivity index (χ4n) is 5.38. The summed E-state index contributed by atoms with van der Waals surface area (Å²) in [6.45, 7) is 8.87. The van der Waals surface area contributed by atoms with Gasteiger partial charge in [0.05, 0.1) is 13.2 Å². The number of ether oxygens (including phenoxy) is 1. The Labute approximate surface area is 137 Å². The van der Waals surface area contributed by atoms with Gasteiger partial charge < -0.3 is 15.4 Å². The van der Waals surface area contributed by atoms with Crippen LogP contribution in [0, 0.1) is 17.3 Å². The lowest BCUT2D eigenvalue weighted by Gasteiger charge is -2.36. The molecule has 0 amide bonds. The Morgan fingerprint density at radius 3 is 2.68 bits per heavy atom. The molecule has 22 heavy (non-hydrogen) atoms. The zero-order chi connectivity index (χ0) is 15.4. The Kier molecular flexibility index (Phi) is 5.80. The van der Waals surface area contributed by atoms with E-state index in [0.717, 1.165) is 31.6 Å². The van der Waals surface area contributed by atoms with Crippen LogP contribution in [0.25, 0.3) is 0 Å². The van der Waals surface area contributed by atoms with Gasteiger partial charge in [-0.3, -0.25) is 0 Å². The molecule has 2 aliphatic carbocycles. The average Bonchev–Trinajstić information content (AvgIpc) is 3.15. The first kappa shape index (κ1) is 16.7. The summed E-state index contributed by atoms with van der Waals surface area (Å²) in [5.74, 6) is 1.60. The molecule has 3 unspecified atom stereocenters. The molecule has 0 bridgehead atoms. The summed E-state index contributed by atoms with van der Waals surface area (Å²) in [7, 11) is 0. The number of hydrogen-bond acceptors (Lipinski definition) is 3. The Hall–Kier alpha value is -0.120. The Bertz CT molecular complexity index is 332. The van der Waals surface area contributed by atoms with Crippen LogP contribution in [0.3, 0.4) is 0 Å². The molecule has 3 nitrogen and oxygen atoms in total. The number of nitrogens with one attached hydrogen (secondary N) is 2. The fourth-order valence-corrected chi connectivity index (χ4v) is 5.38. The van der Waals surface area contributed by atoms with Crippen molar-refractivity contribution in [2.24, 2.45) is 17.3 Å². The van der Waals surface area contributed by atoms with Crippen molar-refractivity contribution in [2.45, 2.75) is 77.3 Å². The minimum Gasteiger partial charge on any atom is -0.379 e. The van der Waals surface area contributed by atoms with E-state index in [4.69, 9.17) is 4.74 Å². The maximum Gasteiger partial charge on any atom is 0.0623 e. The molecule has 3 atom stereocenters. The Morgan fingerprint density at radius 2 is 2.00 bits per heavy atom. The van der Waals surface area contributed by atoms with Crippen LogP contribution in [-0.4, -0.2) is 38.4 Å². The van der Waals surface area contributed by atoms with Gasteiger partial charge in [-0.05, 0) is 49.4 Å². The van der Waals surface area contributed by atoms with Gasteiger partial charge in [0.25, 0.3) is 0 Å². The molecule has 0 aromatic carbocycles. The van der Waals surface area contributed by atoms with Crippen molar-refractivity contribution in [3.8, 4) is 0 Å². The fraction of sp³-hybridized carbons (Fsp3) is 1.00. The highest BCUT2D eigenvalue weighted by atomic mass is 16.5. The molecule has 1 heterocycles. The Balaban J connectivity index is 1.54. The zero-order valence-corrected chi connectivity index (χ0v) is 14.7. The van der Waals surface area contributed by atoms with Crippen LogP contribution < -0.4 is 10.6 Å². The summed E-state index contributed by atoms with van der Waals surface area (Å²) in [5.41, 5.74) is 0.595. The second-order valence-electron chi connectivity index (χ2n) is 8.52. The average molecular weight is 309 g/mol. The van der Waals surface area contributed by atoms with E-state index in [1.54, 1.807) is 0 Å². The molecular weight excluding hydrogens is 272 g/mol. The van der Waals surface area contributed by atoms with Crippen LogP contribution in [0.5, 0.6) is 0 Å². The molecule has 3 rings (SSSR count). The van der Waals surface area contributed by atoms with Crippen molar-refractivity contribution in [1.29, 1.82) is 0 Å². The smallest absolute Gasteiger partial charge is 0.0623 e. The van der Waals surface area contributed by atoms with Gasteiger partial charge in [0.15, 0.2) is 0 Å². The van der Waals surface area contributed by atoms with Gasteiger partial charge in [0.2, 0.25) is 0 Å². The van der Waals surface area contributed by atoms with E-state index in [-0.39, 0.29) is 0 Å². The third kappa shape index (κ3) is 4.04. The first-order valence-electron chi connectivity index (χ1n) is 9.73. The van der Waals surface area contributed by atoms with E-state index in [1.165, 1.54) is 57.9 Å². The third-order valence-corrected chi connectivity index (χ3v) is 6.28. The molecule has 3 fully saturated rings. The maximum absolute atomic E-state index is 5.70. The molecule has 128 valence electrons. The van der Waals surface area contributed by atoms with Gasteiger partial charge in [0.1, 0.15) is 0 Å². The summed E-state index contributed by atoms with van der Waals surface area (Å²) in [6.07, 6.45) is 11.3. The van der Waals surface area contributed by atoms with Crippen LogP contribution in [0.2, 0.25) is 0 Å². The monoisotopic (exact) mass is 308 g/mol. The lowest BCUT2D eigenvalue weighted by molar-refractivity contribution is 0.0513. The van der Waals surface area contributed by atoms with Crippen molar-refractivity contribution in [1.82, 2.24) is 10.6 Å². The SMILES string of the molecule is CC(C)CC1(CNC2CCCC2C2COCCN2)CCCC1. The van der Waals surface area contributed by atoms with Crippen molar-refractivity contribution in [2.75, 3.05) is 26.3 Å². The van der Waals surface area contributed by atoms with Crippen LogP contribution in [0.4, 0.5) is 0 Å². The van der Waals surface area contributed by atoms with Crippen molar-refractivity contribution < 1.29 is 4.74 Å². The minimum atomic E-state index is 0.582. The first-order chi connectivity index (χ1) is 10.7. The second-order valence-corrected chi connectivity index (χ2v) is 8.52. The van der Waals surface area contributed by atoms with Crippen LogP contribution in [0.1, 0.15) is 65.2 Å². The van der Waals surface area contributed by atoms with E-state index in [2.05, 4.69) is 24.5 Å². The van der Waals surface area contributed by atoms with E-state index in [1.807, 2.05) is 0 Å². The van der Waals surface area contributed by atoms with Crippen LogP contribution in [-0.2, 0) is 4.74 Å². The molecule has 3 aliphatic rings. The zero-order valence-electron chi connectivity index (χ0n) is 14.7. The highest BCUT2D eigenvalue weighted by Crippen LogP contribution is 2.43. The molecule has 2 saturated carbocycles. The van der Waals surface area contributed by atoms with Gasteiger partial charge in [-0.25, -0.2) is 0 Å². The van der Waals surface area contributed by atoms with E-state index in [9.17, 15) is 0 Å². The normalized spacial score (nSPS) is 35.3. The van der Waals surface area contributed by atoms with E-state index < -0.39 is 0 Å². The van der Waals surface area contributed by atoms with Gasteiger partial charge in [-0.15, -0.1) is 0 Å². The first-order valence-corrected chi connectivity index (χ1v) is 9.73. The van der Waals surface area contributed by atoms with Gasteiger partial charge in [0, 0.05) is 25.2 Å². The van der Waals surface area contributed by atoms with Crippen molar-refractivity contribution in [3.63, 3.8) is 0 Å². The van der Waals surface area contributed by atoms with Crippen molar-refractivity contribution in [3.05, 3.63) is 0 Å². The molecule has 1 aliphatic heterocycles. The standard InChI is InChI=1S/C19H36N2O/c1-15(2)12-19(8-3-4-9-19)14-21-17-7-5-6-16(17)18-13-22-11-10-20-18/h15-18,20-21H,3-14H2,1-2H3. The molecule has 1 saturated heterocycles. The molecule has 0 radical (unpaired) electrons. The second kappa shape index (κ2) is 7.63. The topological polar surface area (TPSA) is 33.3 Å². The molecule has 0 spiro atoms. The summed E-state index contributed by atoms with van der Waals surface area (Å²) < 4.78 is 5.70. The van der Waals surface area contributed by atoms with Crippen LogP contribution >= 0.6 is 0 Å². The maximum atomic E-state index is 5.70. The number of rotatable bonds is 6. The summed E-state index contributed by atoms with van der Waals surface area (Å²) in [4.78, 5) is 0. The van der Waals surface area contributed by atoms with Gasteiger partial charge >= 0.3 is 0 Å².